The summed E-state index contributed by atoms with van der Waals surface area (Å²) in [6, 6.07) is 0. The highest BCUT2D eigenvalue weighted by molar-refractivity contribution is 7.98. The fourth-order valence-electron chi connectivity index (χ4n) is 1.03. The molecule has 80 valence electrons. The Morgan fingerprint density at radius 2 is 2.29 bits per heavy atom. The Bertz CT molecular complexity index is 259. The second-order valence-corrected chi connectivity index (χ2v) is 4.68. The molecule has 1 aromatic rings. The van der Waals surface area contributed by atoms with Gasteiger partial charge in [0.2, 0.25) is 0 Å². The van der Waals surface area contributed by atoms with Gasteiger partial charge in [-0.05, 0) is 18.2 Å². The molecule has 0 saturated carbocycles. The summed E-state index contributed by atoms with van der Waals surface area (Å²) in [5.41, 5.74) is 5.41. The number of hydrogen-bond donors (Lipinski definition) is 2. The number of hydrogen-bond acceptors (Lipinski definition) is 4. The van der Waals surface area contributed by atoms with Gasteiger partial charge in [0.25, 0.3) is 0 Å². The number of thioether (sulfide) groups is 1. The molecule has 0 aliphatic heterocycles. The summed E-state index contributed by atoms with van der Waals surface area (Å²) in [5.74, 6) is 4.58. The lowest BCUT2D eigenvalue weighted by atomic mass is 10.3. The van der Waals surface area contributed by atoms with E-state index in [0.29, 0.717) is 6.54 Å². The Kier molecular flexibility index (Phi) is 4.97. The molecule has 0 aliphatic rings. The zero-order valence-electron chi connectivity index (χ0n) is 8.79. The number of aromatic nitrogens is 3. The fourth-order valence-corrected chi connectivity index (χ4v) is 1.94. The van der Waals surface area contributed by atoms with Crippen molar-refractivity contribution in [1.82, 2.24) is 15.2 Å². The molecule has 1 aromatic heterocycles. The van der Waals surface area contributed by atoms with Crippen molar-refractivity contribution in [3.8, 4) is 0 Å². The van der Waals surface area contributed by atoms with Crippen LogP contribution in [-0.4, -0.2) is 27.5 Å². The van der Waals surface area contributed by atoms with Crippen LogP contribution in [0.2, 0.25) is 0 Å². The van der Waals surface area contributed by atoms with Crippen LogP contribution in [-0.2, 0) is 12.2 Å². The minimum Gasteiger partial charge on any atom is -0.330 e. The lowest BCUT2D eigenvalue weighted by molar-refractivity contribution is 0.750. The summed E-state index contributed by atoms with van der Waals surface area (Å²) in [7, 11) is 0. The molecule has 4 nitrogen and oxygen atoms in total. The molecule has 1 rings (SSSR count). The van der Waals surface area contributed by atoms with Crippen LogP contribution in [0, 0.1) is 5.92 Å². The van der Waals surface area contributed by atoms with Crippen LogP contribution in [0.3, 0.4) is 0 Å². The first-order valence-corrected chi connectivity index (χ1v) is 6.05. The molecule has 0 amide bonds. The maximum Gasteiger partial charge on any atom is 0.151 e. The summed E-state index contributed by atoms with van der Waals surface area (Å²) >= 11 is 1.88. The predicted octanol–water partition coefficient (Wildman–Crippen LogP) is 1.20. The number of nitrogens with two attached hydrogens (primary N) is 1. The molecule has 0 bridgehead atoms. The number of H-pyrrole nitrogens is 1. The van der Waals surface area contributed by atoms with Crippen LogP contribution in [0.25, 0.3) is 0 Å². The third-order valence-electron chi connectivity index (χ3n) is 1.64. The lowest BCUT2D eigenvalue weighted by Gasteiger charge is -2.01. The standard InChI is InChI=1S/C9H18N4S/c1-7(2)5-14-6-9-11-8(3-4-10)12-13-9/h7H,3-6,10H2,1-2H3,(H,11,12,13). The van der Waals surface area contributed by atoms with Crippen LogP contribution in [0.4, 0.5) is 0 Å². The van der Waals surface area contributed by atoms with Gasteiger partial charge in [0.15, 0.2) is 5.82 Å². The van der Waals surface area contributed by atoms with Crippen molar-refractivity contribution in [2.45, 2.75) is 26.0 Å². The number of nitrogens with zero attached hydrogens (tertiary/aromatic N) is 2. The Morgan fingerprint density at radius 1 is 1.50 bits per heavy atom. The summed E-state index contributed by atoms with van der Waals surface area (Å²) in [5, 5.41) is 7.00. The molecule has 0 aliphatic carbocycles. The van der Waals surface area contributed by atoms with Crippen molar-refractivity contribution in [3.63, 3.8) is 0 Å². The lowest BCUT2D eigenvalue weighted by Crippen LogP contribution is -2.04. The van der Waals surface area contributed by atoms with Crippen molar-refractivity contribution < 1.29 is 0 Å². The molecule has 0 atom stereocenters. The van der Waals surface area contributed by atoms with E-state index in [9.17, 15) is 0 Å². The molecule has 1 heterocycles. The Balaban J connectivity index is 2.28. The molecule has 0 spiro atoms. The highest BCUT2D eigenvalue weighted by Crippen LogP contribution is 2.12. The van der Waals surface area contributed by atoms with E-state index in [2.05, 4.69) is 29.0 Å². The average molecular weight is 214 g/mol. The zero-order chi connectivity index (χ0) is 10.4. The first kappa shape index (κ1) is 11.5. The molecular weight excluding hydrogens is 196 g/mol. The quantitative estimate of drug-likeness (QED) is 0.746. The third kappa shape index (κ3) is 4.11. The SMILES string of the molecule is CC(C)CSCc1nc(CCN)n[nH]1. The van der Waals surface area contributed by atoms with E-state index in [1.807, 2.05) is 11.8 Å². The van der Waals surface area contributed by atoms with E-state index in [1.165, 1.54) is 0 Å². The van der Waals surface area contributed by atoms with E-state index >= 15 is 0 Å². The first-order chi connectivity index (χ1) is 6.72. The summed E-state index contributed by atoms with van der Waals surface area (Å²) < 4.78 is 0. The molecule has 0 unspecified atom stereocenters. The molecule has 0 aromatic carbocycles. The van der Waals surface area contributed by atoms with Crippen LogP contribution < -0.4 is 5.73 Å². The van der Waals surface area contributed by atoms with E-state index in [0.717, 1.165) is 35.5 Å². The van der Waals surface area contributed by atoms with Gasteiger partial charge >= 0.3 is 0 Å². The first-order valence-electron chi connectivity index (χ1n) is 4.90. The van der Waals surface area contributed by atoms with Crippen molar-refractivity contribution >= 4 is 11.8 Å². The molecular formula is C9H18N4S. The smallest absolute Gasteiger partial charge is 0.151 e. The van der Waals surface area contributed by atoms with Crippen molar-refractivity contribution in [1.29, 1.82) is 0 Å². The molecule has 3 N–H and O–H groups in total. The van der Waals surface area contributed by atoms with E-state index < -0.39 is 0 Å². The molecule has 5 heteroatoms. The molecule has 0 fully saturated rings. The Labute approximate surface area is 89.1 Å². The average Bonchev–Trinajstić information content (AvgIpc) is 2.53. The summed E-state index contributed by atoms with van der Waals surface area (Å²) in [4.78, 5) is 4.33. The summed E-state index contributed by atoms with van der Waals surface area (Å²) in [6.07, 6.45) is 0.755. The number of nitrogens with one attached hydrogen (secondary N) is 1. The molecule has 14 heavy (non-hydrogen) atoms. The van der Waals surface area contributed by atoms with Gasteiger partial charge in [-0.1, -0.05) is 13.8 Å². The van der Waals surface area contributed by atoms with E-state index in [-0.39, 0.29) is 0 Å². The maximum atomic E-state index is 5.41. The molecule has 0 saturated heterocycles. The third-order valence-corrected chi connectivity index (χ3v) is 3.02. The highest BCUT2D eigenvalue weighted by atomic mass is 32.2. The fraction of sp³-hybridized carbons (Fsp3) is 0.778. The van der Waals surface area contributed by atoms with Gasteiger partial charge in [-0.15, -0.1) is 0 Å². The monoisotopic (exact) mass is 214 g/mol. The van der Waals surface area contributed by atoms with Gasteiger partial charge in [0, 0.05) is 6.42 Å². The van der Waals surface area contributed by atoms with Crippen LogP contribution in [0.1, 0.15) is 25.5 Å². The van der Waals surface area contributed by atoms with Crippen LogP contribution in [0.15, 0.2) is 0 Å². The van der Waals surface area contributed by atoms with Crippen molar-refractivity contribution in [3.05, 3.63) is 11.6 Å². The second-order valence-electron chi connectivity index (χ2n) is 3.65. The van der Waals surface area contributed by atoms with Gasteiger partial charge in [0.05, 0.1) is 5.75 Å². The van der Waals surface area contributed by atoms with E-state index in [1.54, 1.807) is 0 Å². The van der Waals surface area contributed by atoms with E-state index in [4.69, 9.17) is 5.73 Å². The second kappa shape index (κ2) is 6.03. The predicted molar refractivity (Wildman–Crippen MR) is 60.1 cm³/mol. The van der Waals surface area contributed by atoms with Crippen LogP contribution >= 0.6 is 11.8 Å². The topological polar surface area (TPSA) is 67.6 Å². The van der Waals surface area contributed by atoms with Gasteiger partial charge in [0.1, 0.15) is 5.82 Å². The maximum absolute atomic E-state index is 5.41. The Morgan fingerprint density at radius 3 is 2.93 bits per heavy atom. The normalized spacial score (nSPS) is 11.1. The van der Waals surface area contributed by atoms with Gasteiger partial charge in [-0.2, -0.15) is 16.9 Å². The van der Waals surface area contributed by atoms with Gasteiger partial charge in [-0.25, -0.2) is 4.98 Å². The number of aromatic amines is 1. The minimum atomic E-state index is 0.608. The highest BCUT2D eigenvalue weighted by Gasteiger charge is 2.02. The van der Waals surface area contributed by atoms with Crippen molar-refractivity contribution in [2.24, 2.45) is 11.7 Å². The van der Waals surface area contributed by atoms with Gasteiger partial charge in [-0.3, -0.25) is 5.10 Å². The largest absolute Gasteiger partial charge is 0.330 e. The molecule has 0 radical (unpaired) electrons. The van der Waals surface area contributed by atoms with Crippen molar-refractivity contribution in [2.75, 3.05) is 12.3 Å². The summed E-state index contributed by atoms with van der Waals surface area (Å²) in [6.45, 7) is 5.04. The number of rotatable bonds is 6. The zero-order valence-corrected chi connectivity index (χ0v) is 9.60. The van der Waals surface area contributed by atoms with Gasteiger partial charge < -0.3 is 5.73 Å². The minimum absolute atomic E-state index is 0.608. The Hall–Kier alpha value is -0.550. The van der Waals surface area contributed by atoms with Crippen LogP contribution in [0.5, 0.6) is 0 Å².